The summed E-state index contributed by atoms with van der Waals surface area (Å²) in [5.74, 6) is -0.941. The zero-order chi connectivity index (χ0) is 21.1. The van der Waals surface area contributed by atoms with Gasteiger partial charge in [-0.15, -0.1) is 0 Å². The Bertz CT molecular complexity index is 867. The quantitative estimate of drug-likeness (QED) is 0.296. The lowest BCUT2D eigenvalue weighted by atomic mass is 10.2. The molecule has 154 valence electrons. The second kappa shape index (κ2) is 11.6. The van der Waals surface area contributed by atoms with Gasteiger partial charge in [-0.1, -0.05) is 22.9 Å². The van der Waals surface area contributed by atoms with Gasteiger partial charge in [0.05, 0.1) is 19.0 Å². The molecule has 0 aliphatic heterocycles. The SMILES string of the molecule is CCCNC(=O)C(=O)N/N=C\c1cc(Br)ccc1OCC(=O)NCc1ccco1. The van der Waals surface area contributed by atoms with Crippen molar-refractivity contribution in [2.75, 3.05) is 13.2 Å². The van der Waals surface area contributed by atoms with E-state index in [9.17, 15) is 14.4 Å². The maximum absolute atomic E-state index is 11.9. The summed E-state index contributed by atoms with van der Waals surface area (Å²) < 4.78 is 11.4. The van der Waals surface area contributed by atoms with Crippen LogP contribution < -0.4 is 20.8 Å². The molecule has 0 atom stereocenters. The molecule has 1 aromatic carbocycles. The van der Waals surface area contributed by atoms with Gasteiger partial charge < -0.3 is 19.8 Å². The fourth-order valence-electron chi connectivity index (χ4n) is 2.07. The fraction of sp³-hybridized carbons (Fsp3) is 0.263. The van der Waals surface area contributed by atoms with Crippen LogP contribution in [-0.4, -0.2) is 37.1 Å². The maximum atomic E-state index is 11.9. The molecular weight excluding hydrogens is 444 g/mol. The van der Waals surface area contributed by atoms with Gasteiger partial charge in [0.25, 0.3) is 5.91 Å². The van der Waals surface area contributed by atoms with Gasteiger partial charge in [-0.05, 0) is 36.8 Å². The zero-order valence-corrected chi connectivity index (χ0v) is 17.3. The monoisotopic (exact) mass is 464 g/mol. The minimum Gasteiger partial charge on any atom is -0.483 e. The van der Waals surface area contributed by atoms with E-state index in [4.69, 9.17) is 9.15 Å². The Hall–Kier alpha value is -3.14. The molecule has 9 nitrogen and oxygen atoms in total. The summed E-state index contributed by atoms with van der Waals surface area (Å²) in [6, 6.07) is 8.58. The first kappa shape index (κ1) is 22.2. The molecule has 0 aliphatic rings. The molecule has 0 saturated heterocycles. The third-order valence-electron chi connectivity index (χ3n) is 3.48. The van der Waals surface area contributed by atoms with Crippen molar-refractivity contribution in [1.82, 2.24) is 16.1 Å². The van der Waals surface area contributed by atoms with Gasteiger partial charge in [-0.2, -0.15) is 5.10 Å². The molecular formula is C19H21BrN4O5. The maximum Gasteiger partial charge on any atom is 0.329 e. The summed E-state index contributed by atoms with van der Waals surface area (Å²) >= 11 is 3.34. The van der Waals surface area contributed by atoms with Crippen molar-refractivity contribution in [2.24, 2.45) is 5.10 Å². The van der Waals surface area contributed by atoms with Crippen LogP contribution >= 0.6 is 15.9 Å². The molecule has 29 heavy (non-hydrogen) atoms. The molecule has 0 unspecified atom stereocenters. The number of hydrogen-bond donors (Lipinski definition) is 3. The second-order valence-electron chi connectivity index (χ2n) is 5.78. The Balaban J connectivity index is 1.90. The smallest absolute Gasteiger partial charge is 0.329 e. The van der Waals surface area contributed by atoms with Gasteiger partial charge in [-0.3, -0.25) is 14.4 Å². The summed E-state index contributed by atoms with van der Waals surface area (Å²) in [4.78, 5) is 35.1. The van der Waals surface area contributed by atoms with Crippen molar-refractivity contribution >= 4 is 39.9 Å². The van der Waals surface area contributed by atoms with Crippen molar-refractivity contribution in [2.45, 2.75) is 19.9 Å². The molecule has 3 N–H and O–H groups in total. The Kier molecular flexibility index (Phi) is 8.90. The lowest BCUT2D eigenvalue weighted by Crippen LogP contribution is -2.38. The lowest BCUT2D eigenvalue weighted by molar-refractivity contribution is -0.139. The van der Waals surface area contributed by atoms with Crippen LogP contribution in [-0.2, 0) is 20.9 Å². The summed E-state index contributed by atoms with van der Waals surface area (Å²) in [6.07, 6.45) is 3.57. The standard InChI is InChI=1S/C19H21BrN4O5/c1-2-7-21-18(26)19(27)24-23-10-13-9-14(20)5-6-16(13)29-12-17(25)22-11-15-4-3-8-28-15/h3-6,8-10H,2,7,11-12H2,1H3,(H,21,26)(H,22,25)(H,24,27)/b23-10-. The predicted octanol–water partition coefficient (Wildman–Crippen LogP) is 1.71. The number of ether oxygens (including phenoxy) is 1. The number of hydrazone groups is 1. The first-order valence-electron chi connectivity index (χ1n) is 8.82. The molecule has 2 aromatic rings. The van der Waals surface area contributed by atoms with Crippen LogP contribution in [0.5, 0.6) is 5.75 Å². The average molecular weight is 465 g/mol. The highest BCUT2D eigenvalue weighted by Gasteiger charge is 2.11. The minimum absolute atomic E-state index is 0.213. The molecule has 1 heterocycles. The fourth-order valence-corrected chi connectivity index (χ4v) is 2.45. The van der Waals surface area contributed by atoms with Gasteiger partial charge in [-0.25, -0.2) is 5.43 Å². The van der Waals surface area contributed by atoms with Gasteiger partial charge in [0.2, 0.25) is 0 Å². The van der Waals surface area contributed by atoms with Crippen LogP contribution in [0.1, 0.15) is 24.7 Å². The van der Waals surface area contributed by atoms with Crippen LogP contribution in [0.3, 0.4) is 0 Å². The number of carbonyl (C=O) groups is 3. The van der Waals surface area contributed by atoms with Crippen LogP contribution in [0.4, 0.5) is 0 Å². The van der Waals surface area contributed by atoms with E-state index in [1.54, 1.807) is 30.3 Å². The van der Waals surface area contributed by atoms with E-state index in [2.05, 4.69) is 37.1 Å². The highest BCUT2D eigenvalue weighted by Crippen LogP contribution is 2.21. The van der Waals surface area contributed by atoms with Crippen LogP contribution in [0.15, 0.2) is 50.6 Å². The van der Waals surface area contributed by atoms with Crippen LogP contribution in [0.25, 0.3) is 0 Å². The Labute approximate surface area is 176 Å². The number of furan rings is 1. The highest BCUT2D eigenvalue weighted by molar-refractivity contribution is 9.10. The van der Waals surface area contributed by atoms with Gasteiger partial charge in [0.1, 0.15) is 11.5 Å². The highest BCUT2D eigenvalue weighted by atomic mass is 79.9. The van der Waals surface area contributed by atoms with Crippen LogP contribution in [0.2, 0.25) is 0 Å². The lowest BCUT2D eigenvalue weighted by Gasteiger charge is -2.09. The molecule has 1 aromatic heterocycles. The van der Waals surface area contributed by atoms with E-state index < -0.39 is 11.8 Å². The van der Waals surface area contributed by atoms with E-state index in [1.165, 1.54) is 12.5 Å². The van der Waals surface area contributed by atoms with E-state index in [1.807, 2.05) is 6.92 Å². The predicted molar refractivity (Wildman–Crippen MR) is 109 cm³/mol. The van der Waals surface area contributed by atoms with Gasteiger partial charge >= 0.3 is 11.8 Å². The summed E-state index contributed by atoms with van der Waals surface area (Å²) in [7, 11) is 0. The number of benzene rings is 1. The molecule has 3 amide bonds. The van der Waals surface area contributed by atoms with E-state index in [0.717, 1.165) is 10.9 Å². The molecule has 0 radical (unpaired) electrons. The minimum atomic E-state index is -0.871. The third kappa shape index (κ3) is 7.78. The molecule has 10 heteroatoms. The Morgan fingerprint density at radius 1 is 1.21 bits per heavy atom. The van der Waals surface area contributed by atoms with Crippen molar-refractivity contribution < 1.29 is 23.5 Å². The second-order valence-corrected chi connectivity index (χ2v) is 6.70. The number of rotatable bonds is 9. The summed E-state index contributed by atoms with van der Waals surface area (Å²) in [5, 5.41) is 8.89. The number of carbonyl (C=O) groups excluding carboxylic acids is 3. The molecule has 0 bridgehead atoms. The largest absolute Gasteiger partial charge is 0.483 e. The summed E-state index contributed by atoms with van der Waals surface area (Å²) in [6.45, 7) is 2.33. The Morgan fingerprint density at radius 3 is 2.76 bits per heavy atom. The molecule has 0 aliphatic carbocycles. The number of nitrogens with zero attached hydrogens (tertiary/aromatic N) is 1. The van der Waals surface area contributed by atoms with Crippen molar-refractivity contribution in [3.8, 4) is 5.75 Å². The van der Waals surface area contributed by atoms with Crippen molar-refractivity contribution in [3.05, 3.63) is 52.4 Å². The first-order valence-corrected chi connectivity index (χ1v) is 9.61. The van der Waals surface area contributed by atoms with Gasteiger partial charge in [0, 0.05) is 16.6 Å². The third-order valence-corrected chi connectivity index (χ3v) is 3.98. The van der Waals surface area contributed by atoms with E-state index >= 15 is 0 Å². The number of hydrogen-bond acceptors (Lipinski definition) is 6. The number of amides is 3. The zero-order valence-electron chi connectivity index (χ0n) is 15.7. The number of nitrogens with one attached hydrogen (secondary N) is 3. The van der Waals surface area contributed by atoms with Crippen molar-refractivity contribution in [3.63, 3.8) is 0 Å². The van der Waals surface area contributed by atoms with Crippen molar-refractivity contribution in [1.29, 1.82) is 0 Å². The molecule has 0 fully saturated rings. The molecule has 0 saturated carbocycles. The molecule has 0 spiro atoms. The van der Waals surface area contributed by atoms with E-state index in [0.29, 0.717) is 23.6 Å². The summed E-state index contributed by atoms with van der Waals surface area (Å²) in [5.41, 5.74) is 2.65. The first-order chi connectivity index (χ1) is 14.0. The van der Waals surface area contributed by atoms with Gasteiger partial charge in [0.15, 0.2) is 6.61 Å². The number of halogens is 1. The molecule has 2 rings (SSSR count). The van der Waals surface area contributed by atoms with E-state index in [-0.39, 0.29) is 19.1 Å². The Morgan fingerprint density at radius 2 is 2.03 bits per heavy atom. The average Bonchev–Trinajstić information content (AvgIpc) is 3.23. The van der Waals surface area contributed by atoms with Crippen LogP contribution in [0, 0.1) is 0 Å². The normalized spacial score (nSPS) is 10.6. The topological polar surface area (TPSA) is 122 Å².